The van der Waals surface area contributed by atoms with Gasteiger partial charge in [-0.25, -0.2) is 0 Å². The van der Waals surface area contributed by atoms with Crippen LogP contribution in [-0.4, -0.2) is 11.4 Å². The zero-order valence-corrected chi connectivity index (χ0v) is 15.5. The fourth-order valence-electron chi connectivity index (χ4n) is 3.95. The lowest BCUT2D eigenvalue weighted by molar-refractivity contribution is 0.886. The van der Waals surface area contributed by atoms with Crippen molar-refractivity contribution in [2.45, 2.75) is 90.9 Å². The molecule has 1 aromatic carbocycles. The average molecular weight is 325 g/mol. The Hall–Kier alpha value is -1.44. The Balaban J connectivity index is 2.01. The molecule has 2 nitrogen and oxygen atoms in total. The van der Waals surface area contributed by atoms with E-state index >= 15 is 0 Å². The maximum Gasteiger partial charge on any atom is 0.0682 e. The summed E-state index contributed by atoms with van der Waals surface area (Å²) in [4.78, 5) is 10.1. The summed E-state index contributed by atoms with van der Waals surface area (Å²) in [5, 5.41) is 0. The van der Waals surface area contributed by atoms with E-state index in [4.69, 9.17) is 9.98 Å². The molecule has 1 aromatic rings. The summed E-state index contributed by atoms with van der Waals surface area (Å²) < 4.78 is 0. The van der Waals surface area contributed by atoms with Gasteiger partial charge in [-0.1, -0.05) is 32.8 Å². The smallest absolute Gasteiger partial charge is 0.0682 e. The third kappa shape index (κ3) is 4.34. The van der Waals surface area contributed by atoms with Crippen LogP contribution in [0.1, 0.15) is 89.2 Å². The first-order chi connectivity index (χ1) is 11.8. The SMILES string of the molecule is CCCc1cc(CCC)c(N=C2CCCC2)cc1N=C1CCCC1. The monoisotopic (exact) mass is 324 g/mol. The van der Waals surface area contributed by atoms with E-state index in [9.17, 15) is 0 Å². The highest BCUT2D eigenvalue weighted by atomic mass is 14.8. The molecule has 0 amide bonds. The Morgan fingerprint density at radius 2 is 1.08 bits per heavy atom. The Kier molecular flexibility index (Phi) is 6.23. The fraction of sp³-hybridized carbons (Fsp3) is 0.636. The summed E-state index contributed by atoms with van der Waals surface area (Å²) in [6, 6.07) is 4.71. The van der Waals surface area contributed by atoms with Crippen molar-refractivity contribution in [1.82, 2.24) is 0 Å². The van der Waals surface area contributed by atoms with Crippen molar-refractivity contribution in [2.24, 2.45) is 9.98 Å². The molecule has 0 aromatic heterocycles. The van der Waals surface area contributed by atoms with Crippen molar-refractivity contribution >= 4 is 22.8 Å². The van der Waals surface area contributed by atoms with Gasteiger partial charge in [0.1, 0.15) is 0 Å². The summed E-state index contributed by atoms with van der Waals surface area (Å²) >= 11 is 0. The maximum atomic E-state index is 5.06. The van der Waals surface area contributed by atoms with Crippen LogP contribution in [0.2, 0.25) is 0 Å². The zero-order valence-electron chi connectivity index (χ0n) is 15.5. The molecular weight excluding hydrogens is 292 g/mol. The molecule has 2 heteroatoms. The Labute approximate surface area is 147 Å². The van der Waals surface area contributed by atoms with Gasteiger partial charge in [0.05, 0.1) is 11.4 Å². The molecule has 2 saturated carbocycles. The first kappa shape index (κ1) is 17.4. The van der Waals surface area contributed by atoms with Gasteiger partial charge in [-0.15, -0.1) is 0 Å². The Morgan fingerprint density at radius 3 is 1.46 bits per heavy atom. The van der Waals surface area contributed by atoms with Gasteiger partial charge < -0.3 is 0 Å². The van der Waals surface area contributed by atoms with E-state index in [1.54, 1.807) is 0 Å². The molecule has 0 N–H and O–H groups in total. The minimum Gasteiger partial charge on any atom is -0.257 e. The van der Waals surface area contributed by atoms with Crippen LogP contribution in [0.3, 0.4) is 0 Å². The maximum absolute atomic E-state index is 5.06. The zero-order chi connectivity index (χ0) is 16.8. The summed E-state index contributed by atoms with van der Waals surface area (Å²) in [5.41, 5.74) is 8.05. The number of hydrogen-bond donors (Lipinski definition) is 0. The number of nitrogens with zero attached hydrogens (tertiary/aromatic N) is 2. The molecule has 0 bridgehead atoms. The molecule has 3 rings (SSSR count). The number of aliphatic imine (C=N–C) groups is 2. The Bertz CT molecular complexity index is 558. The summed E-state index contributed by atoms with van der Waals surface area (Å²) in [7, 11) is 0. The van der Waals surface area contributed by atoms with Gasteiger partial charge >= 0.3 is 0 Å². The van der Waals surface area contributed by atoms with Gasteiger partial charge in [0.15, 0.2) is 0 Å². The van der Waals surface area contributed by atoms with Crippen molar-refractivity contribution in [3.8, 4) is 0 Å². The van der Waals surface area contributed by atoms with E-state index < -0.39 is 0 Å². The largest absolute Gasteiger partial charge is 0.257 e. The van der Waals surface area contributed by atoms with Crippen LogP contribution in [0, 0.1) is 0 Å². The second kappa shape index (κ2) is 8.60. The third-order valence-electron chi connectivity index (χ3n) is 5.24. The number of hydrogen-bond acceptors (Lipinski definition) is 2. The van der Waals surface area contributed by atoms with E-state index in [0.29, 0.717) is 0 Å². The van der Waals surface area contributed by atoms with E-state index in [0.717, 1.165) is 12.8 Å². The normalized spacial score (nSPS) is 17.6. The molecule has 0 radical (unpaired) electrons. The molecule has 2 aliphatic carbocycles. The number of aryl methyl sites for hydroxylation is 2. The highest BCUT2D eigenvalue weighted by Gasteiger charge is 2.14. The van der Waals surface area contributed by atoms with Crippen molar-refractivity contribution in [3.05, 3.63) is 23.3 Å². The molecule has 2 aliphatic rings. The standard InChI is InChI=1S/C22H32N2/c1-3-9-17-15-18(10-4-2)22(24-20-13-7-8-14-20)16-21(17)23-19-11-5-6-12-19/h15-16H,3-14H2,1-2H3. The van der Waals surface area contributed by atoms with Crippen molar-refractivity contribution in [3.63, 3.8) is 0 Å². The molecule has 0 spiro atoms. The summed E-state index contributed by atoms with van der Waals surface area (Å²) in [5.74, 6) is 0. The van der Waals surface area contributed by atoms with Crippen LogP contribution in [0.5, 0.6) is 0 Å². The minimum absolute atomic E-state index is 1.12. The van der Waals surface area contributed by atoms with E-state index in [1.807, 2.05) is 0 Å². The second-order valence-corrected chi connectivity index (χ2v) is 7.38. The van der Waals surface area contributed by atoms with Crippen LogP contribution in [-0.2, 0) is 12.8 Å². The van der Waals surface area contributed by atoms with Gasteiger partial charge in [-0.05, 0) is 81.4 Å². The van der Waals surface area contributed by atoms with Crippen molar-refractivity contribution < 1.29 is 0 Å². The van der Waals surface area contributed by atoms with Gasteiger partial charge in [-0.3, -0.25) is 9.98 Å². The molecule has 2 fully saturated rings. The summed E-state index contributed by atoms with van der Waals surface area (Å²) in [6.07, 6.45) is 14.6. The average Bonchev–Trinajstić information content (AvgIpc) is 3.25. The van der Waals surface area contributed by atoms with Gasteiger partial charge in [-0.2, -0.15) is 0 Å². The van der Waals surface area contributed by atoms with Crippen LogP contribution in [0.15, 0.2) is 22.1 Å². The first-order valence-electron chi connectivity index (χ1n) is 10.1. The third-order valence-corrected chi connectivity index (χ3v) is 5.24. The van der Waals surface area contributed by atoms with Crippen LogP contribution in [0.25, 0.3) is 0 Å². The highest BCUT2D eigenvalue weighted by Crippen LogP contribution is 2.34. The summed E-state index contributed by atoms with van der Waals surface area (Å²) in [6.45, 7) is 4.53. The van der Waals surface area contributed by atoms with Crippen LogP contribution >= 0.6 is 0 Å². The lowest BCUT2D eigenvalue weighted by atomic mass is 9.99. The Morgan fingerprint density at radius 1 is 0.667 bits per heavy atom. The van der Waals surface area contributed by atoms with Gasteiger partial charge in [0, 0.05) is 11.4 Å². The van der Waals surface area contributed by atoms with Crippen molar-refractivity contribution in [1.29, 1.82) is 0 Å². The van der Waals surface area contributed by atoms with E-state index in [2.05, 4.69) is 26.0 Å². The molecule has 0 heterocycles. The van der Waals surface area contributed by atoms with E-state index in [-0.39, 0.29) is 0 Å². The molecular formula is C22H32N2. The number of rotatable bonds is 6. The lowest BCUT2D eigenvalue weighted by Crippen LogP contribution is -1.95. The van der Waals surface area contributed by atoms with Gasteiger partial charge in [0.2, 0.25) is 0 Å². The molecule has 130 valence electrons. The predicted octanol–water partition coefficient (Wildman–Crippen LogP) is 6.88. The van der Waals surface area contributed by atoms with Crippen LogP contribution in [0.4, 0.5) is 11.4 Å². The van der Waals surface area contributed by atoms with Crippen molar-refractivity contribution in [2.75, 3.05) is 0 Å². The molecule has 0 atom stereocenters. The van der Waals surface area contributed by atoms with Crippen LogP contribution < -0.4 is 0 Å². The highest BCUT2D eigenvalue weighted by molar-refractivity contribution is 5.90. The number of benzene rings is 1. The first-order valence-corrected chi connectivity index (χ1v) is 10.1. The molecule has 24 heavy (non-hydrogen) atoms. The lowest BCUT2D eigenvalue weighted by Gasteiger charge is -2.13. The topological polar surface area (TPSA) is 24.7 Å². The predicted molar refractivity (Wildman–Crippen MR) is 106 cm³/mol. The molecule has 0 saturated heterocycles. The minimum atomic E-state index is 1.12. The quantitative estimate of drug-likeness (QED) is 0.544. The molecule has 0 aliphatic heterocycles. The van der Waals surface area contributed by atoms with Gasteiger partial charge in [0.25, 0.3) is 0 Å². The fourth-order valence-corrected chi connectivity index (χ4v) is 3.95. The second-order valence-electron chi connectivity index (χ2n) is 7.38. The van der Waals surface area contributed by atoms with E-state index in [1.165, 1.54) is 98.1 Å². The molecule has 0 unspecified atom stereocenters.